The van der Waals surface area contributed by atoms with Crippen LogP contribution in [0.5, 0.6) is 0 Å². The van der Waals surface area contributed by atoms with Gasteiger partial charge in [0, 0.05) is 13.2 Å². The molecule has 0 radical (unpaired) electrons. The maximum atomic E-state index is 5.58. The Morgan fingerprint density at radius 2 is 1.89 bits per heavy atom. The fourth-order valence-electron chi connectivity index (χ4n) is 2.35. The molecule has 0 aromatic carbocycles. The summed E-state index contributed by atoms with van der Waals surface area (Å²) < 4.78 is 5.58. The molecule has 0 saturated carbocycles. The minimum atomic E-state index is 0.752. The van der Waals surface area contributed by atoms with Gasteiger partial charge in [-0.1, -0.05) is 13.8 Å². The van der Waals surface area contributed by atoms with Crippen LogP contribution in [0.4, 0.5) is 0 Å². The Bertz CT molecular complexity index is 189. The van der Waals surface area contributed by atoms with Gasteiger partial charge in [0.1, 0.15) is 0 Å². The normalized spacial score (nSPS) is 18.7. The van der Waals surface area contributed by atoms with Crippen molar-refractivity contribution in [2.45, 2.75) is 39.5 Å². The average Bonchev–Trinajstić information content (AvgIpc) is 2.34. The van der Waals surface area contributed by atoms with Crippen LogP contribution in [0.2, 0.25) is 0 Å². The fraction of sp³-hybridized carbons (Fsp3) is 1.00. The SMILES string of the molecule is CC(C)CCOCCNCCC1CCN(C)CC1. The van der Waals surface area contributed by atoms with E-state index in [0.29, 0.717) is 0 Å². The summed E-state index contributed by atoms with van der Waals surface area (Å²) in [6, 6.07) is 0. The van der Waals surface area contributed by atoms with Gasteiger partial charge in [-0.15, -0.1) is 0 Å². The van der Waals surface area contributed by atoms with Gasteiger partial charge in [-0.2, -0.15) is 0 Å². The summed E-state index contributed by atoms with van der Waals surface area (Å²) in [6.45, 7) is 11.0. The third-order valence-electron chi connectivity index (χ3n) is 3.83. The minimum absolute atomic E-state index is 0.752. The third-order valence-corrected chi connectivity index (χ3v) is 3.83. The maximum absolute atomic E-state index is 5.58. The van der Waals surface area contributed by atoms with Crippen LogP contribution in [-0.4, -0.2) is 51.3 Å². The molecule has 0 aromatic rings. The van der Waals surface area contributed by atoms with Crippen LogP contribution in [0.1, 0.15) is 39.5 Å². The Balaban J connectivity index is 1.81. The number of hydrogen-bond acceptors (Lipinski definition) is 3. The highest BCUT2D eigenvalue weighted by molar-refractivity contribution is 4.70. The van der Waals surface area contributed by atoms with E-state index < -0.39 is 0 Å². The van der Waals surface area contributed by atoms with Crippen LogP contribution >= 0.6 is 0 Å². The number of piperidine rings is 1. The second-order valence-corrected chi connectivity index (χ2v) is 6.08. The van der Waals surface area contributed by atoms with E-state index in [1.54, 1.807) is 0 Å². The molecule has 1 aliphatic heterocycles. The molecule has 0 unspecified atom stereocenters. The number of hydrogen-bond donors (Lipinski definition) is 1. The zero-order valence-electron chi connectivity index (χ0n) is 12.6. The summed E-state index contributed by atoms with van der Waals surface area (Å²) in [5, 5.41) is 3.49. The predicted octanol–water partition coefficient (Wildman–Crippen LogP) is 2.37. The standard InChI is InChI=1S/C15H32N2O/c1-14(2)7-12-18-13-9-16-8-4-15-5-10-17(3)11-6-15/h14-16H,4-13H2,1-3H3. The summed E-state index contributed by atoms with van der Waals surface area (Å²) in [7, 11) is 2.23. The van der Waals surface area contributed by atoms with Gasteiger partial charge in [0.15, 0.2) is 0 Å². The largest absolute Gasteiger partial charge is 0.380 e. The lowest BCUT2D eigenvalue weighted by molar-refractivity contribution is 0.124. The van der Waals surface area contributed by atoms with Crippen LogP contribution in [0.15, 0.2) is 0 Å². The summed E-state index contributed by atoms with van der Waals surface area (Å²) in [4.78, 5) is 2.44. The first-order valence-electron chi connectivity index (χ1n) is 7.65. The summed E-state index contributed by atoms with van der Waals surface area (Å²) >= 11 is 0. The number of rotatable bonds is 9. The highest BCUT2D eigenvalue weighted by Crippen LogP contribution is 2.18. The monoisotopic (exact) mass is 256 g/mol. The van der Waals surface area contributed by atoms with Gasteiger partial charge in [-0.05, 0) is 64.2 Å². The van der Waals surface area contributed by atoms with Crippen molar-refractivity contribution in [1.29, 1.82) is 0 Å². The topological polar surface area (TPSA) is 24.5 Å². The highest BCUT2D eigenvalue weighted by Gasteiger charge is 2.15. The zero-order valence-corrected chi connectivity index (χ0v) is 12.6. The van der Waals surface area contributed by atoms with Crippen molar-refractivity contribution < 1.29 is 4.74 Å². The van der Waals surface area contributed by atoms with Crippen LogP contribution in [0.3, 0.4) is 0 Å². The van der Waals surface area contributed by atoms with Crippen molar-refractivity contribution >= 4 is 0 Å². The second kappa shape index (κ2) is 9.76. The molecular formula is C15H32N2O. The van der Waals surface area contributed by atoms with Gasteiger partial charge in [0.2, 0.25) is 0 Å². The van der Waals surface area contributed by atoms with Crippen molar-refractivity contribution in [2.75, 3.05) is 46.4 Å². The van der Waals surface area contributed by atoms with E-state index in [-0.39, 0.29) is 0 Å². The molecule has 0 amide bonds. The van der Waals surface area contributed by atoms with Gasteiger partial charge in [0.25, 0.3) is 0 Å². The van der Waals surface area contributed by atoms with Crippen LogP contribution in [0.25, 0.3) is 0 Å². The lowest BCUT2D eigenvalue weighted by Crippen LogP contribution is -2.32. The highest BCUT2D eigenvalue weighted by atomic mass is 16.5. The zero-order chi connectivity index (χ0) is 13.2. The summed E-state index contributed by atoms with van der Waals surface area (Å²) in [5.74, 6) is 1.69. The fourth-order valence-corrected chi connectivity index (χ4v) is 2.35. The molecular weight excluding hydrogens is 224 g/mol. The molecule has 0 atom stereocenters. The molecule has 1 fully saturated rings. The molecule has 0 aromatic heterocycles. The molecule has 1 saturated heterocycles. The molecule has 1 rings (SSSR count). The lowest BCUT2D eigenvalue weighted by atomic mass is 9.94. The van der Waals surface area contributed by atoms with Crippen molar-refractivity contribution in [3.63, 3.8) is 0 Å². The Kier molecular flexibility index (Phi) is 8.64. The molecule has 1 N–H and O–H groups in total. The van der Waals surface area contributed by atoms with Gasteiger partial charge in [-0.25, -0.2) is 0 Å². The van der Waals surface area contributed by atoms with Crippen LogP contribution < -0.4 is 5.32 Å². The van der Waals surface area contributed by atoms with E-state index >= 15 is 0 Å². The number of nitrogens with one attached hydrogen (secondary N) is 1. The van der Waals surface area contributed by atoms with E-state index in [0.717, 1.165) is 38.1 Å². The van der Waals surface area contributed by atoms with Crippen LogP contribution in [-0.2, 0) is 4.74 Å². The first kappa shape index (κ1) is 15.9. The first-order valence-corrected chi connectivity index (χ1v) is 7.65. The molecule has 0 aliphatic carbocycles. The maximum Gasteiger partial charge on any atom is 0.0590 e. The average molecular weight is 256 g/mol. The smallest absolute Gasteiger partial charge is 0.0590 e. The summed E-state index contributed by atoms with van der Waals surface area (Å²) in [6.07, 6.45) is 5.27. The Hall–Kier alpha value is -0.120. The van der Waals surface area contributed by atoms with Crippen molar-refractivity contribution in [2.24, 2.45) is 11.8 Å². The van der Waals surface area contributed by atoms with E-state index in [1.165, 1.54) is 38.8 Å². The minimum Gasteiger partial charge on any atom is -0.380 e. The molecule has 3 heteroatoms. The van der Waals surface area contributed by atoms with Crippen molar-refractivity contribution in [3.05, 3.63) is 0 Å². The van der Waals surface area contributed by atoms with E-state index in [9.17, 15) is 0 Å². The quantitative estimate of drug-likeness (QED) is 0.641. The first-order chi connectivity index (χ1) is 8.68. The van der Waals surface area contributed by atoms with E-state index in [2.05, 4.69) is 31.1 Å². The van der Waals surface area contributed by atoms with Crippen molar-refractivity contribution in [3.8, 4) is 0 Å². The third kappa shape index (κ3) is 8.06. The summed E-state index contributed by atoms with van der Waals surface area (Å²) in [5.41, 5.74) is 0. The molecule has 108 valence electrons. The second-order valence-electron chi connectivity index (χ2n) is 6.08. The van der Waals surface area contributed by atoms with Gasteiger partial charge < -0.3 is 15.0 Å². The van der Waals surface area contributed by atoms with Gasteiger partial charge >= 0.3 is 0 Å². The Morgan fingerprint density at radius 3 is 2.56 bits per heavy atom. The Morgan fingerprint density at radius 1 is 1.17 bits per heavy atom. The lowest BCUT2D eigenvalue weighted by Gasteiger charge is -2.28. The number of likely N-dealkylation sites (tertiary alicyclic amines) is 1. The molecule has 3 nitrogen and oxygen atoms in total. The van der Waals surface area contributed by atoms with Gasteiger partial charge in [0.05, 0.1) is 6.61 Å². The number of nitrogens with zero attached hydrogens (tertiary/aromatic N) is 1. The Labute approximate surface area is 113 Å². The molecule has 0 spiro atoms. The molecule has 18 heavy (non-hydrogen) atoms. The van der Waals surface area contributed by atoms with E-state index in [1.807, 2.05) is 0 Å². The number of ether oxygens (including phenoxy) is 1. The molecule has 0 bridgehead atoms. The van der Waals surface area contributed by atoms with Crippen molar-refractivity contribution in [1.82, 2.24) is 10.2 Å². The van der Waals surface area contributed by atoms with Gasteiger partial charge in [-0.3, -0.25) is 0 Å². The van der Waals surface area contributed by atoms with Crippen LogP contribution in [0, 0.1) is 11.8 Å². The molecule has 1 heterocycles. The molecule has 1 aliphatic rings. The predicted molar refractivity (Wildman–Crippen MR) is 78.0 cm³/mol. The van der Waals surface area contributed by atoms with E-state index in [4.69, 9.17) is 4.74 Å².